The zero-order valence-corrected chi connectivity index (χ0v) is 14.9. The number of nitrogens with one attached hydrogen (secondary N) is 1. The van der Waals surface area contributed by atoms with E-state index in [1.807, 2.05) is 0 Å². The average molecular weight is 382 g/mol. The third-order valence-electron chi connectivity index (χ3n) is 3.81. The van der Waals surface area contributed by atoms with Gasteiger partial charge in [0.2, 0.25) is 0 Å². The second-order valence-electron chi connectivity index (χ2n) is 5.44. The fraction of sp³-hybridized carbons (Fsp3) is 0.188. The molecule has 0 atom stereocenters. The Bertz CT molecular complexity index is 930. The monoisotopic (exact) mass is 381 g/mol. The van der Waals surface area contributed by atoms with Gasteiger partial charge in [-0.2, -0.15) is 10.2 Å². The van der Waals surface area contributed by atoms with Gasteiger partial charge in [0.05, 0.1) is 18.3 Å². The zero-order valence-electron chi connectivity index (χ0n) is 13.4. The van der Waals surface area contributed by atoms with Gasteiger partial charge in [-0.05, 0) is 19.1 Å². The van der Waals surface area contributed by atoms with Crippen LogP contribution in [0, 0.1) is 12.7 Å². The molecular weight excluding hydrogens is 368 g/mol. The van der Waals surface area contributed by atoms with Crippen molar-refractivity contribution >= 4 is 34.9 Å². The summed E-state index contributed by atoms with van der Waals surface area (Å²) in [7, 11) is 1.74. The lowest BCUT2D eigenvalue weighted by molar-refractivity contribution is 0.102. The molecule has 1 N–H and O–H groups in total. The molecule has 3 aromatic rings. The van der Waals surface area contributed by atoms with Crippen molar-refractivity contribution in [3.8, 4) is 0 Å². The number of carbonyl (C=O) groups is 1. The lowest BCUT2D eigenvalue weighted by atomic mass is 10.2. The highest BCUT2D eigenvalue weighted by molar-refractivity contribution is 6.33. The molecule has 25 heavy (non-hydrogen) atoms. The lowest BCUT2D eigenvalue weighted by Gasteiger charge is -2.06. The Hall–Kier alpha value is -2.38. The van der Waals surface area contributed by atoms with Gasteiger partial charge in [0.15, 0.2) is 5.82 Å². The molecule has 2 heterocycles. The maximum atomic E-state index is 13.9. The van der Waals surface area contributed by atoms with Crippen LogP contribution in [0.15, 0.2) is 30.6 Å². The van der Waals surface area contributed by atoms with Gasteiger partial charge in [0, 0.05) is 29.5 Å². The second-order valence-corrected chi connectivity index (χ2v) is 6.26. The van der Waals surface area contributed by atoms with E-state index in [9.17, 15) is 9.18 Å². The number of anilines is 1. The van der Waals surface area contributed by atoms with Crippen molar-refractivity contribution in [1.29, 1.82) is 0 Å². The Kier molecular flexibility index (Phi) is 4.78. The topological polar surface area (TPSA) is 64.7 Å². The molecule has 0 aliphatic heterocycles. The van der Waals surface area contributed by atoms with Crippen LogP contribution < -0.4 is 5.32 Å². The molecule has 2 aromatic heterocycles. The smallest absolute Gasteiger partial charge is 0.260 e. The number of halogens is 3. The van der Waals surface area contributed by atoms with Crippen molar-refractivity contribution in [3.63, 3.8) is 0 Å². The molecule has 6 nitrogen and oxygen atoms in total. The molecule has 0 unspecified atom stereocenters. The second kappa shape index (κ2) is 6.85. The molecule has 0 fully saturated rings. The summed E-state index contributed by atoms with van der Waals surface area (Å²) >= 11 is 12.1. The van der Waals surface area contributed by atoms with Crippen molar-refractivity contribution in [2.75, 3.05) is 5.32 Å². The number of carbonyl (C=O) groups excluding carboxylic acids is 1. The molecule has 0 saturated carbocycles. The van der Waals surface area contributed by atoms with E-state index in [-0.39, 0.29) is 23.3 Å². The van der Waals surface area contributed by atoms with Gasteiger partial charge in [-0.1, -0.05) is 29.3 Å². The molecular formula is C16H14Cl2FN5O. The highest BCUT2D eigenvalue weighted by Gasteiger charge is 2.17. The van der Waals surface area contributed by atoms with Gasteiger partial charge in [-0.25, -0.2) is 4.39 Å². The zero-order chi connectivity index (χ0) is 18.1. The summed E-state index contributed by atoms with van der Waals surface area (Å²) in [5, 5.41) is 11.4. The van der Waals surface area contributed by atoms with E-state index < -0.39 is 5.82 Å². The molecule has 0 aliphatic rings. The van der Waals surface area contributed by atoms with Crippen LogP contribution in [0.4, 0.5) is 10.2 Å². The molecule has 1 aromatic carbocycles. The summed E-state index contributed by atoms with van der Waals surface area (Å²) < 4.78 is 16.9. The first-order chi connectivity index (χ1) is 11.9. The first kappa shape index (κ1) is 17.4. The minimum Gasteiger partial charge on any atom is -0.304 e. The average Bonchev–Trinajstić information content (AvgIpc) is 3.07. The minimum atomic E-state index is -0.435. The van der Waals surface area contributed by atoms with Crippen LogP contribution in [0.3, 0.4) is 0 Å². The third-order valence-corrected chi connectivity index (χ3v) is 4.44. The highest BCUT2D eigenvalue weighted by atomic mass is 35.5. The molecule has 0 saturated heterocycles. The van der Waals surface area contributed by atoms with Crippen LogP contribution in [-0.2, 0) is 13.6 Å². The van der Waals surface area contributed by atoms with Crippen molar-refractivity contribution in [3.05, 3.63) is 63.3 Å². The number of benzene rings is 1. The summed E-state index contributed by atoms with van der Waals surface area (Å²) in [5.41, 5.74) is 1.43. The van der Waals surface area contributed by atoms with Gasteiger partial charge in [-0.3, -0.25) is 14.2 Å². The van der Waals surface area contributed by atoms with Crippen molar-refractivity contribution < 1.29 is 9.18 Å². The number of amides is 1. The Morgan fingerprint density at radius 1 is 1.32 bits per heavy atom. The SMILES string of the molecule is Cc1c(C(=O)Nc2nn(Cc3c(F)cccc3Cl)cc2Cl)cnn1C. The number of hydrogen-bond acceptors (Lipinski definition) is 3. The molecule has 0 spiro atoms. The van der Waals surface area contributed by atoms with Gasteiger partial charge in [0.1, 0.15) is 10.8 Å². The van der Waals surface area contributed by atoms with E-state index in [1.165, 1.54) is 29.2 Å². The van der Waals surface area contributed by atoms with Crippen LogP contribution in [-0.4, -0.2) is 25.5 Å². The molecule has 1 amide bonds. The number of rotatable bonds is 4. The number of aromatic nitrogens is 4. The molecule has 0 bridgehead atoms. The van der Waals surface area contributed by atoms with Crippen molar-refractivity contribution in [2.45, 2.75) is 13.5 Å². The quantitative estimate of drug-likeness (QED) is 0.749. The molecule has 130 valence electrons. The molecule has 3 rings (SSSR count). The summed E-state index contributed by atoms with van der Waals surface area (Å²) in [5.74, 6) is -0.625. The fourth-order valence-corrected chi connectivity index (χ4v) is 2.73. The van der Waals surface area contributed by atoms with Gasteiger partial charge < -0.3 is 5.32 Å². The first-order valence-corrected chi connectivity index (χ1v) is 8.08. The Morgan fingerprint density at radius 3 is 2.72 bits per heavy atom. The predicted octanol–water partition coefficient (Wildman–Crippen LogP) is 3.67. The maximum Gasteiger partial charge on any atom is 0.260 e. The summed E-state index contributed by atoms with van der Waals surface area (Å²) in [4.78, 5) is 12.3. The highest BCUT2D eigenvalue weighted by Crippen LogP contribution is 2.24. The Morgan fingerprint density at radius 2 is 2.08 bits per heavy atom. The van der Waals surface area contributed by atoms with E-state index in [1.54, 1.807) is 24.7 Å². The molecule has 0 radical (unpaired) electrons. The Labute approximate surface area is 153 Å². The van der Waals surface area contributed by atoms with Crippen molar-refractivity contribution in [1.82, 2.24) is 19.6 Å². The molecule has 9 heteroatoms. The van der Waals surface area contributed by atoms with Gasteiger partial charge in [-0.15, -0.1) is 0 Å². The first-order valence-electron chi connectivity index (χ1n) is 7.32. The van der Waals surface area contributed by atoms with E-state index in [4.69, 9.17) is 23.2 Å². The largest absolute Gasteiger partial charge is 0.304 e. The van der Waals surface area contributed by atoms with Gasteiger partial charge >= 0.3 is 0 Å². The van der Waals surface area contributed by atoms with Crippen LogP contribution in [0.25, 0.3) is 0 Å². The number of aryl methyl sites for hydroxylation is 1. The van der Waals surface area contributed by atoms with Crippen LogP contribution >= 0.6 is 23.2 Å². The van der Waals surface area contributed by atoms with Crippen LogP contribution in [0.2, 0.25) is 10.0 Å². The normalized spacial score (nSPS) is 10.9. The standard InChI is InChI=1S/C16H14Cl2FN5O/c1-9-10(6-20-23(9)2)16(25)21-15-13(18)8-24(22-15)7-11-12(17)4-3-5-14(11)19/h3-6,8H,7H2,1-2H3,(H,21,22,25). The maximum absolute atomic E-state index is 13.9. The number of nitrogens with zero attached hydrogens (tertiary/aromatic N) is 4. The lowest BCUT2D eigenvalue weighted by Crippen LogP contribution is -2.14. The van der Waals surface area contributed by atoms with Crippen LogP contribution in [0.5, 0.6) is 0 Å². The van der Waals surface area contributed by atoms with E-state index >= 15 is 0 Å². The molecule has 0 aliphatic carbocycles. The van der Waals surface area contributed by atoms with Crippen molar-refractivity contribution in [2.24, 2.45) is 7.05 Å². The number of hydrogen-bond donors (Lipinski definition) is 1. The third kappa shape index (κ3) is 3.52. The van der Waals surface area contributed by atoms with E-state index in [2.05, 4.69) is 15.5 Å². The predicted molar refractivity (Wildman–Crippen MR) is 93.6 cm³/mol. The van der Waals surface area contributed by atoms with E-state index in [0.717, 1.165) is 0 Å². The summed E-state index contributed by atoms with van der Waals surface area (Å²) in [6, 6.07) is 4.44. The van der Waals surface area contributed by atoms with Gasteiger partial charge in [0.25, 0.3) is 5.91 Å². The summed E-state index contributed by atoms with van der Waals surface area (Å²) in [6.45, 7) is 1.87. The minimum absolute atomic E-state index is 0.0903. The fourth-order valence-electron chi connectivity index (χ4n) is 2.30. The summed E-state index contributed by atoms with van der Waals surface area (Å²) in [6.07, 6.45) is 2.96. The van der Waals surface area contributed by atoms with Crippen LogP contribution in [0.1, 0.15) is 21.6 Å². The Balaban J connectivity index is 1.81. The van der Waals surface area contributed by atoms with E-state index in [0.29, 0.717) is 21.8 Å².